The molecule has 0 aromatic heterocycles. The summed E-state index contributed by atoms with van der Waals surface area (Å²) in [7, 11) is 0. The molecule has 1 amide bonds. The van der Waals surface area contributed by atoms with Crippen molar-refractivity contribution in [1.29, 1.82) is 0 Å². The Kier molecular flexibility index (Phi) is 5.68. The standard InChI is InChI=1S/C18H25FN2O3/c1-13-3-4-15(19)16(11-13)21-7-5-14(6-8-21)20-17(22)12-18-23-9-2-10-24-18/h3-4,11,14,18H,2,5-10,12H2,1H3,(H,20,22). The summed E-state index contributed by atoms with van der Waals surface area (Å²) < 4.78 is 24.8. The van der Waals surface area contributed by atoms with E-state index in [1.807, 2.05) is 13.0 Å². The molecule has 0 aliphatic carbocycles. The van der Waals surface area contributed by atoms with Crippen LogP contribution in [0, 0.1) is 12.7 Å². The van der Waals surface area contributed by atoms with Gasteiger partial charge in [-0.3, -0.25) is 4.79 Å². The molecule has 2 heterocycles. The fraction of sp³-hybridized carbons (Fsp3) is 0.611. The molecule has 1 aromatic rings. The summed E-state index contributed by atoms with van der Waals surface area (Å²) in [5, 5.41) is 3.04. The molecule has 2 fully saturated rings. The Bertz CT molecular complexity index is 567. The van der Waals surface area contributed by atoms with Crippen molar-refractivity contribution in [3.05, 3.63) is 29.6 Å². The Balaban J connectivity index is 1.46. The number of carbonyl (C=O) groups is 1. The molecule has 0 unspecified atom stereocenters. The summed E-state index contributed by atoms with van der Waals surface area (Å²) in [5.41, 5.74) is 1.71. The number of aryl methyl sites for hydroxylation is 1. The fourth-order valence-electron chi connectivity index (χ4n) is 3.22. The van der Waals surface area contributed by atoms with Crippen molar-refractivity contribution >= 4 is 11.6 Å². The first-order valence-electron chi connectivity index (χ1n) is 8.65. The minimum Gasteiger partial charge on any atom is -0.369 e. The first-order valence-corrected chi connectivity index (χ1v) is 8.65. The van der Waals surface area contributed by atoms with Gasteiger partial charge in [-0.1, -0.05) is 6.07 Å². The average molecular weight is 336 g/mol. The summed E-state index contributed by atoms with van der Waals surface area (Å²) in [6.07, 6.45) is 2.33. The maximum atomic E-state index is 14.0. The van der Waals surface area contributed by atoms with Crippen LogP contribution in [-0.2, 0) is 14.3 Å². The van der Waals surface area contributed by atoms with Crippen LogP contribution in [-0.4, -0.2) is 44.5 Å². The van der Waals surface area contributed by atoms with E-state index in [9.17, 15) is 9.18 Å². The van der Waals surface area contributed by atoms with Gasteiger partial charge in [0.2, 0.25) is 5.91 Å². The number of benzene rings is 1. The number of amides is 1. The van der Waals surface area contributed by atoms with Crippen molar-refractivity contribution in [2.75, 3.05) is 31.2 Å². The van der Waals surface area contributed by atoms with E-state index in [1.165, 1.54) is 6.07 Å². The molecular weight excluding hydrogens is 311 g/mol. The smallest absolute Gasteiger partial charge is 0.225 e. The largest absolute Gasteiger partial charge is 0.369 e. The van der Waals surface area contributed by atoms with E-state index in [2.05, 4.69) is 10.2 Å². The summed E-state index contributed by atoms with van der Waals surface area (Å²) in [5.74, 6) is -0.225. The molecule has 1 N–H and O–H groups in total. The van der Waals surface area contributed by atoms with Gasteiger partial charge >= 0.3 is 0 Å². The molecule has 0 spiro atoms. The third-order valence-corrected chi connectivity index (χ3v) is 4.55. The summed E-state index contributed by atoms with van der Waals surface area (Å²) in [4.78, 5) is 14.1. The quantitative estimate of drug-likeness (QED) is 0.917. The first-order chi connectivity index (χ1) is 11.6. The SMILES string of the molecule is Cc1ccc(F)c(N2CCC(NC(=O)CC3OCCCO3)CC2)c1. The van der Waals surface area contributed by atoms with E-state index in [4.69, 9.17) is 9.47 Å². The Labute approximate surface area is 142 Å². The predicted molar refractivity (Wildman–Crippen MR) is 89.4 cm³/mol. The summed E-state index contributed by atoms with van der Waals surface area (Å²) >= 11 is 0. The zero-order valence-electron chi connectivity index (χ0n) is 14.1. The summed E-state index contributed by atoms with van der Waals surface area (Å²) in [6.45, 7) is 4.74. The van der Waals surface area contributed by atoms with E-state index in [-0.39, 0.29) is 24.2 Å². The van der Waals surface area contributed by atoms with Crippen LogP contribution in [0.2, 0.25) is 0 Å². The lowest BCUT2D eigenvalue weighted by Gasteiger charge is -2.34. The van der Waals surface area contributed by atoms with Crippen LogP contribution < -0.4 is 10.2 Å². The zero-order chi connectivity index (χ0) is 16.9. The second-order valence-corrected chi connectivity index (χ2v) is 6.51. The van der Waals surface area contributed by atoms with Gasteiger partial charge in [-0.05, 0) is 43.9 Å². The molecule has 24 heavy (non-hydrogen) atoms. The predicted octanol–water partition coefficient (Wildman–Crippen LogP) is 2.37. The van der Waals surface area contributed by atoms with Crippen LogP contribution in [0.1, 0.15) is 31.2 Å². The van der Waals surface area contributed by atoms with E-state index in [0.717, 1.165) is 37.9 Å². The number of nitrogens with one attached hydrogen (secondary N) is 1. The minimum atomic E-state index is -0.416. The molecule has 3 rings (SSSR count). The van der Waals surface area contributed by atoms with Crippen molar-refractivity contribution in [2.24, 2.45) is 0 Å². The zero-order valence-corrected chi connectivity index (χ0v) is 14.1. The lowest BCUT2D eigenvalue weighted by molar-refractivity contribution is -0.184. The normalized spacial score (nSPS) is 20.2. The molecule has 0 radical (unpaired) electrons. The number of hydrogen-bond donors (Lipinski definition) is 1. The van der Waals surface area contributed by atoms with Crippen LogP contribution in [0.25, 0.3) is 0 Å². The van der Waals surface area contributed by atoms with Crippen molar-refractivity contribution < 1.29 is 18.7 Å². The third kappa shape index (κ3) is 4.45. The Morgan fingerprint density at radius 2 is 2.00 bits per heavy atom. The van der Waals surface area contributed by atoms with Gasteiger partial charge in [0.05, 0.1) is 25.3 Å². The van der Waals surface area contributed by atoms with Gasteiger partial charge < -0.3 is 19.7 Å². The Hall–Kier alpha value is -1.66. The lowest BCUT2D eigenvalue weighted by atomic mass is 10.0. The van der Waals surface area contributed by atoms with E-state index in [0.29, 0.717) is 18.9 Å². The molecule has 6 heteroatoms. The van der Waals surface area contributed by atoms with Gasteiger partial charge in [0.1, 0.15) is 5.82 Å². The van der Waals surface area contributed by atoms with E-state index in [1.54, 1.807) is 6.07 Å². The highest BCUT2D eigenvalue weighted by Crippen LogP contribution is 2.24. The number of nitrogens with zero attached hydrogens (tertiary/aromatic N) is 1. The average Bonchev–Trinajstić information content (AvgIpc) is 2.59. The number of halogens is 1. The lowest BCUT2D eigenvalue weighted by Crippen LogP contribution is -2.46. The molecule has 2 saturated heterocycles. The minimum absolute atomic E-state index is 0.0397. The van der Waals surface area contributed by atoms with Crippen LogP contribution in [0.3, 0.4) is 0 Å². The summed E-state index contributed by atoms with van der Waals surface area (Å²) in [6, 6.07) is 5.31. The molecule has 132 valence electrons. The van der Waals surface area contributed by atoms with Gasteiger partial charge in [-0.25, -0.2) is 4.39 Å². The van der Waals surface area contributed by atoms with Crippen LogP contribution in [0.4, 0.5) is 10.1 Å². The molecule has 0 atom stereocenters. The highest BCUT2D eigenvalue weighted by Gasteiger charge is 2.24. The van der Waals surface area contributed by atoms with Crippen LogP contribution >= 0.6 is 0 Å². The van der Waals surface area contributed by atoms with E-state index >= 15 is 0 Å². The highest BCUT2D eigenvalue weighted by molar-refractivity contribution is 5.76. The molecule has 2 aliphatic rings. The Morgan fingerprint density at radius 3 is 2.71 bits per heavy atom. The molecule has 1 aromatic carbocycles. The molecule has 0 bridgehead atoms. The monoisotopic (exact) mass is 336 g/mol. The first kappa shape index (κ1) is 17.2. The number of carbonyl (C=O) groups excluding carboxylic acids is 1. The molecular formula is C18H25FN2O3. The number of anilines is 1. The number of piperidine rings is 1. The molecule has 5 nitrogen and oxygen atoms in total. The maximum Gasteiger partial charge on any atom is 0.225 e. The van der Waals surface area contributed by atoms with Crippen LogP contribution in [0.5, 0.6) is 0 Å². The van der Waals surface area contributed by atoms with Crippen molar-refractivity contribution in [2.45, 2.75) is 44.9 Å². The number of hydrogen-bond acceptors (Lipinski definition) is 4. The van der Waals surface area contributed by atoms with Gasteiger partial charge in [0, 0.05) is 19.1 Å². The highest BCUT2D eigenvalue weighted by atomic mass is 19.1. The van der Waals surface area contributed by atoms with Gasteiger partial charge in [-0.2, -0.15) is 0 Å². The van der Waals surface area contributed by atoms with Gasteiger partial charge in [0.15, 0.2) is 6.29 Å². The van der Waals surface area contributed by atoms with Gasteiger partial charge in [0.25, 0.3) is 0 Å². The van der Waals surface area contributed by atoms with Crippen molar-refractivity contribution in [3.8, 4) is 0 Å². The van der Waals surface area contributed by atoms with Crippen LogP contribution in [0.15, 0.2) is 18.2 Å². The van der Waals surface area contributed by atoms with Gasteiger partial charge in [-0.15, -0.1) is 0 Å². The fourth-order valence-corrected chi connectivity index (χ4v) is 3.22. The second kappa shape index (κ2) is 7.94. The topological polar surface area (TPSA) is 50.8 Å². The molecule has 0 saturated carbocycles. The second-order valence-electron chi connectivity index (χ2n) is 6.51. The maximum absolute atomic E-state index is 14.0. The van der Waals surface area contributed by atoms with Crippen molar-refractivity contribution in [1.82, 2.24) is 5.32 Å². The Morgan fingerprint density at radius 1 is 1.29 bits per heavy atom. The van der Waals surface area contributed by atoms with E-state index < -0.39 is 6.29 Å². The molecule has 2 aliphatic heterocycles. The number of ether oxygens (including phenoxy) is 2. The van der Waals surface area contributed by atoms with Crippen molar-refractivity contribution in [3.63, 3.8) is 0 Å². The third-order valence-electron chi connectivity index (χ3n) is 4.55. The number of rotatable bonds is 4.